The fourth-order valence-corrected chi connectivity index (χ4v) is 3.30. The van der Waals surface area contributed by atoms with Crippen molar-refractivity contribution in [2.75, 3.05) is 57.9 Å². The molecule has 1 aromatic carbocycles. The Labute approximate surface area is 177 Å². The molecule has 2 amide bonds. The van der Waals surface area contributed by atoms with Crippen LogP contribution in [-0.2, 0) is 6.54 Å². The summed E-state index contributed by atoms with van der Waals surface area (Å²) in [5.74, 6) is 2.14. The molecule has 2 aromatic rings. The first-order valence-electron chi connectivity index (χ1n) is 10.3. The molecular formula is C21H30N6O3. The maximum absolute atomic E-state index is 12.1. The molecule has 1 aliphatic rings. The van der Waals surface area contributed by atoms with Crippen molar-refractivity contribution in [2.45, 2.75) is 13.5 Å². The fraction of sp³-hybridized carbons (Fsp3) is 0.476. The Bertz CT molecular complexity index is 797. The van der Waals surface area contributed by atoms with Crippen LogP contribution >= 0.6 is 0 Å². The summed E-state index contributed by atoms with van der Waals surface area (Å²) in [5, 5.41) is 5.80. The van der Waals surface area contributed by atoms with Gasteiger partial charge in [-0.1, -0.05) is 6.07 Å². The van der Waals surface area contributed by atoms with Crippen LogP contribution in [0.4, 0.5) is 10.7 Å². The Morgan fingerprint density at radius 2 is 1.87 bits per heavy atom. The average Bonchev–Trinajstić information content (AvgIpc) is 2.79. The van der Waals surface area contributed by atoms with Crippen molar-refractivity contribution in [1.82, 2.24) is 25.5 Å². The molecule has 9 heteroatoms. The van der Waals surface area contributed by atoms with Gasteiger partial charge in [0.1, 0.15) is 0 Å². The Morgan fingerprint density at radius 3 is 2.57 bits per heavy atom. The summed E-state index contributed by atoms with van der Waals surface area (Å²) in [6.45, 7) is 7.95. The molecule has 1 saturated heterocycles. The SMILES string of the molecule is CCOc1ccc(CNC(=O)NCCN2CCN(c3ncccn3)CC2)cc1OC. The predicted octanol–water partition coefficient (Wildman–Crippen LogP) is 1.51. The molecule has 0 saturated carbocycles. The highest BCUT2D eigenvalue weighted by Crippen LogP contribution is 2.27. The number of carbonyl (C=O) groups excluding carboxylic acids is 1. The second-order valence-electron chi connectivity index (χ2n) is 6.91. The minimum atomic E-state index is -0.181. The third-order valence-electron chi connectivity index (χ3n) is 4.90. The van der Waals surface area contributed by atoms with Crippen LogP contribution in [0.2, 0.25) is 0 Å². The van der Waals surface area contributed by atoms with E-state index in [1.807, 2.05) is 31.2 Å². The van der Waals surface area contributed by atoms with Gasteiger partial charge in [-0.05, 0) is 30.7 Å². The van der Waals surface area contributed by atoms with Gasteiger partial charge >= 0.3 is 6.03 Å². The van der Waals surface area contributed by atoms with Gasteiger partial charge < -0.3 is 25.0 Å². The minimum absolute atomic E-state index is 0.181. The zero-order chi connectivity index (χ0) is 21.2. The number of carbonyl (C=O) groups is 1. The molecular weight excluding hydrogens is 384 g/mol. The number of benzene rings is 1. The molecule has 0 spiro atoms. The lowest BCUT2D eigenvalue weighted by atomic mass is 10.2. The maximum Gasteiger partial charge on any atom is 0.315 e. The number of nitrogens with one attached hydrogen (secondary N) is 2. The number of hydrogen-bond donors (Lipinski definition) is 2. The summed E-state index contributed by atoms with van der Waals surface area (Å²) >= 11 is 0. The smallest absolute Gasteiger partial charge is 0.315 e. The zero-order valence-electron chi connectivity index (χ0n) is 17.6. The molecule has 0 atom stereocenters. The Morgan fingerprint density at radius 1 is 1.10 bits per heavy atom. The number of methoxy groups -OCH3 is 1. The number of amides is 2. The summed E-state index contributed by atoms with van der Waals surface area (Å²) in [6, 6.07) is 7.30. The average molecular weight is 415 g/mol. The van der Waals surface area contributed by atoms with Crippen molar-refractivity contribution in [2.24, 2.45) is 0 Å². The Hall–Kier alpha value is -3.07. The van der Waals surface area contributed by atoms with Gasteiger partial charge in [0, 0.05) is 58.2 Å². The first kappa shape index (κ1) is 21.6. The van der Waals surface area contributed by atoms with Gasteiger partial charge in [0.2, 0.25) is 5.95 Å². The quantitative estimate of drug-likeness (QED) is 0.643. The number of urea groups is 1. The van der Waals surface area contributed by atoms with Crippen LogP contribution in [0.15, 0.2) is 36.7 Å². The van der Waals surface area contributed by atoms with Crippen molar-refractivity contribution in [3.8, 4) is 11.5 Å². The topological polar surface area (TPSA) is 91.9 Å². The van der Waals surface area contributed by atoms with Gasteiger partial charge in [-0.3, -0.25) is 4.90 Å². The van der Waals surface area contributed by atoms with Crippen LogP contribution in [0.25, 0.3) is 0 Å². The highest BCUT2D eigenvalue weighted by Gasteiger charge is 2.18. The van der Waals surface area contributed by atoms with E-state index in [1.54, 1.807) is 19.5 Å². The molecule has 0 unspecified atom stereocenters. The molecule has 30 heavy (non-hydrogen) atoms. The first-order chi connectivity index (χ1) is 14.7. The second kappa shape index (κ2) is 11.2. The Balaban J connectivity index is 1.34. The fourth-order valence-electron chi connectivity index (χ4n) is 3.30. The number of aromatic nitrogens is 2. The molecule has 0 radical (unpaired) electrons. The Kier molecular flexibility index (Phi) is 8.08. The zero-order valence-corrected chi connectivity index (χ0v) is 17.6. The highest BCUT2D eigenvalue weighted by molar-refractivity contribution is 5.73. The number of rotatable bonds is 9. The number of nitrogens with zero attached hydrogens (tertiary/aromatic N) is 4. The molecule has 1 aromatic heterocycles. The number of hydrogen-bond acceptors (Lipinski definition) is 7. The molecule has 2 heterocycles. The number of piperazine rings is 1. The third kappa shape index (κ3) is 6.21. The van der Waals surface area contributed by atoms with E-state index in [0.29, 0.717) is 31.2 Å². The van der Waals surface area contributed by atoms with Crippen molar-refractivity contribution in [3.05, 3.63) is 42.2 Å². The highest BCUT2D eigenvalue weighted by atomic mass is 16.5. The monoisotopic (exact) mass is 414 g/mol. The van der Waals surface area contributed by atoms with E-state index in [1.165, 1.54) is 0 Å². The van der Waals surface area contributed by atoms with Crippen LogP contribution in [0.3, 0.4) is 0 Å². The second-order valence-corrected chi connectivity index (χ2v) is 6.91. The van der Waals surface area contributed by atoms with Gasteiger partial charge in [0.15, 0.2) is 11.5 Å². The third-order valence-corrected chi connectivity index (χ3v) is 4.90. The van der Waals surface area contributed by atoms with E-state index in [-0.39, 0.29) is 6.03 Å². The van der Waals surface area contributed by atoms with Gasteiger partial charge in [0.25, 0.3) is 0 Å². The van der Waals surface area contributed by atoms with Crippen LogP contribution in [0.1, 0.15) is 12.5 Å². The predicted molar refractivity (Wildman–Crippen MR) is 115 cm³/mol. The minimum Gasteiger partial charge on any atom is -0.493 e. The molecule has 1 aliphatic heterocycles. The number of anilines is 1. The van der Waals surface area contributed by atoms with Crippen molar-refractivity contribution < 1.29 is 14.3 Å². The maximum atomic E-state index is 12.1. The van der Waals surface area contributed by atoms with Crippen molar-refractivity contribution in [3.63, 3.8) is 0 Å². The first-order valence-corrected chi connectivity index (χ1v) is 10.3. The van der Waals surface area contributed by atoms with Crippen LogP contribution in [0, 0.1) is 0 Å². The summed E-state index contributed by atoms with van der Waals surface area (Å²) < 4.78 is 10.9. The van der Waals surface area contributed by atoms with Gasteiger partial charge in [0.05, 0.1) is 13.7 Å². The van der Waals surface area contributed by atoms with Gasteiger partial charge in [-0.15, -0.1) is 0 Å². The molecule has 9 nitrogen and oxygen atoms in total. The lowest BCUT2D eigenvalue weighted by molar-refractivity contribution is 0.231. The van der Waals surface area contributed by atoms with E-state index < -0.39 is 0 Å². The molecule has 0 bridgehead atoms. The summed E-state index contributed by atoms with van der Waals surface area (Å²) in [6.07, 6.45) is 3.53. The lowest BCUT2D eigenvalue weighted by Crippen LogP contribution is -2.49. The summed E-state index contributed by atoms with van der Waals surface area (Å²) in [7, 11) is 1.61. The standard InChI is InChI=1S/C21H30N6O3/c1-3-30-18-6-5-17(15-19(18)29-2)16-25-21(28)24-9-10-26-11-13-27(14-12-26)20-22-7-4-8-23-20/h4-8,15H,3,9-14,16H2,1-2H3,(H2,24,25,28). The van der Waals surface area contributed by atoms with Gasteiger partial charge in [-0.2, -0.15) is 0 Å². The van der Waals surface area contributed by atoms with Crippen LogP contribution in [0.5, 0.6) is 11.5 Å². The van der Waals surface area contributed by atoms with Crippen LogP contribution < -0.4 is 25.0 Å². The lowest BCUT2D eigenvalue weighted by Gasteiger charge is -2.34. The van der Waals surface area contributed by atoms with Gasteiger partial charge in [-0.25, -0.2) is 14.8 Å². The molecule has 1 fully saturated rings. The normalized spacial score (nSPS) is 14.3. The van der Waals surface area contributed by atoms with E-state index >= 15 is 0 Å². The molecule has 3 rings (SSSR count). The van der Waals surface area contributed by atoms with E-state index in [0.717, 1.165) is 44.2 Å². The molecule has 2 N–H and O–H groups in total. The van der Waals surface area contributed by atoms with E-state index in [4.69, 9.17) is 9.47 Å². The van der Waals surface area contributed by atoms with Crippen molar-refractivity contribution in [1.29, 1.82) is 0 Å². The molecule has 162 valence electrons. The van der Waals surface area contributed by atoms with Crippen molar-refractivity contribution >= 4 is 12.0 Å². The van der Waals surface area contributed by atoms with E-state index in [2.05, 4.69) is 30.4 Å². The summed E-state index contributed by atoms with van der Waals surface area (Å²) in [4.78, 5) is 25.2. The largest absolute Gasteiger partial charge is 0.493 e. The van der Waals surface area contributed by atoms with E-state index in [9.17, 15) is 4.79 Å². The molecule has 0 aliphatic carbocycles. The summed E-state index contributed by atoms with van der Waals surface area (Å²) in [5.41, 5.74) is 0.949. The van der Waals surface area contributed by atoms with Crippen LogP contribution in [-0.4, -0.2) is 73.9 Å². The number of ether oxygens (including phenoxy) is 2.